The number of esters is 1. The minimum Gasteiger partial charge on any atom is -0.478 e. The summed E-state index contributed by atoms with van der Waals surface area (Å²) in [5, 5.41) is 8.72. The van der Waals surface area contributed by atoms with Gasteiger partial charge in [-0.1, -0.05) is 6.92 Å². The minimum atomic E-state index is -4.38. The van der Waals surface area contributed by atoms with Gasteiger partial charge in [-0.15, -0.1) is 11.8 Å². The number of carboxylic acid groups (broad SMARTS) is 1. The van der Waals surface area contributed by atoms with Gasteiger partial charge in [-0.3, -0.25) is 4.79 Å². The molecule has 0 aromatic carbocycles. The van der Waals surface area contributed by atoms with E-state index in [2.05, 4.69) is 17.4 Å². The second-order valence-electron chi connectivity index (χ2n) is 8.76. The van der Waals surface area contributed by atoms with E-state index < -0.39 is 41.6 Å². The van der Waals surface area contributed by atoms with Crippen LogP contribution < -0.4 is 5.73 Å². The van der Waals surface area contributed by atoms with E-state index in [9.17, 15) is 22.8 Å². The van der Waals surface area contributed by atoms with Crippen molar-refractivity contribution in [2.45, 2.75) is 63.3 Å². The van der Waals surface area contributed by atoms with Gasteiger partial charge in [0.25, 0.3) is 0 Å². The van der Waals surface area contributed by atoms with Gasteiger partial charge < -0.3 is 15.6 Å². The molecule has 4 bridgehead atoms. The van der Waals surface area contributed by atoms with Crippen molar-refractivity contribution in [3.05, 3.63) is 0 Å². The molecule has 2 atom stereocenters. The lowest BCUT2D eigenvalue weighted by Crippen LogP contribution is -2.55. The minimum absolute atomic E-state index is 0.168. The summed E-state index contributed by atoms with van der Waals surface area (Å²) in [5.41, 5.74) is 6.62. The number of carboxylic acids is 1. The lowest BCUT2D eigenvalue weighted by Gasteiger charge is -2.55. The normalized spacial score (nSPS) is 32.1. The highest BCUT2D eigenvalue weighted by molar-refractivity contribution is 7.99. The molecule has 4 aliphatic carbocycles. The first-order chi connectivity index (χ1) is 13.4. The van der Waals surface area contributed by atoms with E-state index in [1.807, 2.05) is 0 Å². The number of hydrogen-bond donors (Lipinski definition) is 3. The topological polar surface area (TPSA) is 89.6 Å². The van der Waals surface area contributed by atoms with E-state index in [1.165, 1.54) is 45.4 Å². The van der Waals surface area contributed by atoms with Gasteiger partial charge in [-0.2, -0.15) is 25.8 Å². The van der Waals surface area contributed by atoms with Crippen LogP contribution >= 0.6 is 24.4 Å². The number of aliphatic carboxylic acids is 1. The number of thiol groups is 1. The van der Waals surface area contributed by atoms with Gasteiger partial charge in [0.15, 0.2) is 0 Å². The monoisotopic (exact) mass is 457 g/mol. The van der Waals surface area contributed by atoms with Crippen molar-refractivity contribution < 1.29 is 32.6 Å². The fourth-order valence-electron chi connectivity index (χ4n) is 4.95. The highest BCUT2D eigenvalue weighted by atomic mass is 32.2. The third-order valence-electron chi connectivity index (χ3n) is 5.83. The molecule has 4 rings (SSSR count). The summed E-state index contributed by atoms with van der Waals surface area (Å²) in [4.78, 5) is 22.0. The van der Waals surface area contributed by atoms with E-state index in [0.717, 1.165) is 17.8 Å². The van der Waals surface area contributed by atoms with Crippen molar-refractivity contribution in [2.24, 2.45) is 29.4 Å². The summed E-state index contributed by atoms with van der Waals surface area (Å²) in [6.45, 7) is 1.48. The number of rotatable bonds is 7. The molecule has 4 aliphatic rings. The molecular weight excluding hydrogens is 427 g/mol. The SMILES string of the molecule is C[C@@H](CS)C(=O)OC(CSCC(F)(F)F)C(=O)O.NC12CC3CC(CC(C3)C1)C2. The summed E-state index contributed by atoms with van der Waals surface area (Å²) in [6, 6.07) is 0. The zero-order valence-electron chi connectivity index (χ0n) is 16.5. The van der Waals surface area contributed by atoms with Gasteiger partial charge in [0.1, 0.15) is 0 Å². The van der Waals surface area contributed by atoms with Crippen LogP contribution in [0.2, 0.25) is 0 Å². The zero-order valence-corrected chi connectivity index (χ0v) is 18.2. The first-order valence-electron chi connectivity index (χ1n) is 9.88. The van der Waals surface area contributed by atoms with Crippen LogP contribution in [0.4, 0.5) is 13.2 Å². The second kappa shape index (κ2) is 10.1. The molecule has 10 heteroatoms. The number of halogens is 3. The van der Waals surface area contributed by atoms with E-state index in [-0.39, 0.29) is 5.75 Å². The van der Waals surface area contributed by atoms with Crippen LogP contribution in [0.15, 0.2) is 0 Å². The Morgan fingerprint density at radius 2 is 1.69 bits per heavy atom. The van der Waals surface area contributed by atoms with Gasteiger partial charge in [-0.25, -0.2) is 4.79 Å². The Balaban J connectivity index is 0.000000227. The highest BCUT2D eigenvalue weighted by Crippen LogP contribution is 2.54. The fourth-order valence-corrected chi connectivity index (χ4v) is 5.87. The molecule has 0 aromatic rings. The molecule has 5 nitrogen and oxygen atoms in total. The van der Waals surface area contributed by atoms with E-state index in [4.69, 9.17) is 10.8 Å². The molecule has 0 radical (unpaired) electrons. The number of ether oxygens (including phenoxy) is 1. The number of thioether (sulfide) groups is 1. The van der Waals surface area contributed by atoms with Crippen molar-refractivity contribution in [3.8, 4) is 0 Å². The summed E-state index contributed by atoms with van der Waals surface area (Å²) < 4.78 is 40.2. The molecule has 3 N–H and O–H groups in total. The molecule has 168 valence electrons. The molecule has 29 heavy (non-hydrogen) atoms. The van der Waals surface area contributed by atoms with Crippen molar-refractivity contribution >= 4 is 36.3 Å². The summed E-state index contributed by atoms with van der Waals surface area (Å²) in [6.07, 6.45) is 2.61. The maximum absolute atomic E-state index is 11.9. The number of hydrogen-bond acceptors (Lipinski definition) is 6. The van der Waals surface area contributed by atoms with Gasteiger partial charge in [0.2, 0.25) is 6.10 Å². The molecule has 4 saturated carbocycles. The average Bonchev–Trinajstić information content (AvgIpc) is 2.57. The number of carbonyl (C=O) groups excluding carboxylic acids is 1. The first-order valence-corrected chi connectivity index (χ1v) is 11.7. The lowest BCUT2D eigenvalue weighted by molar-refractivity contribution is -0.164. The average molecular weight is 458 g/mol. The summed E-state index contributed by atoms with van der Waals surface area (Å²) >= 11 is 4.19. The van der Waals surface area contributed by atoms with Crippen LogP contribution in [0.25, 0.3) is 0 Å². The second-order valence-corrected chi connectivity index (χ2v) is 10.2. The molecule has 0 aromatic heterocycles. The Kier molecular flexibility index (Phi) is 8.61. The van der Waals surface area contributed by atoms with Crippen molar-refractivity contribution in [3.63, 3.8) is 0 Å². The van der Waals surface area contributed by atoms with Crippen LogP contribution in [0, 0.1) is 23.7 Å². The van der Waals surface area contributed by atoms with Crippen LogP contribution in [-0.4, -0.2) is 52.1 Å². The Morgan fingerprint density at radius 1 is 1.21 bits per heavy atom. The van der Waals surface area contributed by atoms with Crippen LogP contribution in [-0.2, 0) is 14.3 Å². The molecule has 0 saturated heterocycles. The van der Waals surface area contributed by atoms with E-state index in [0.29, 0.717) is 17.3 Å². The number of alkyl halides is 3. The fraction of sp³-hybridized carbons (Fsp3) is 0.895. The molecular formula is C19H30F3NO4S2. The van der Waals surface area contributed by atoms with E-state index in [1.54, 1.807) is 0 Å². The Bertz CT molecular complexity index is 553. The first kappa shape index (κ1) is 24.7. The van der Waals surface area contributed by atoms with Gasteiger partial charge in [0.05, 0.1) is 11.7 Å². The van der Waals surface area contributed by atoms with Crippen molar-refractivity contribution in [1.82, 2.24) is 0 Å². The Labute approximate surface area is 179 Å². The highest BCUT2D eigenvalue weighted by Gasteiger charge is 2.48. The lowest BCUT2D eigenvalue weighted by atomic mass is 9.53. The number of nitrogens with two attached hydrogens (primary N) is 1. The smallest absolute Gasteiger partial charge is 0.397 e. The predicted molar refractivity (Wildman–Crippen MR) is 109 cm³/mol. The quantitative estimate of drug-likeness (QED) is 0.398. The molecule has 0 heterocycles. The number of carbonyl (C=O) groups is 2. The van der Waals surface area contributed by atoms with Crippen molar-refractivity contribution in [1.29, 1.82) is 0 Å². The van der Waals surface area contributed by atoms with Gasteiger partial charge in [-0.05, 0) is 56.3 Å². The molecule has 1 unspecified atom stereocenters. The van der Waals surface area contributed by atoms with Crippen LogP contribution in [0.1, 0.15) is 45.4 Å². The standard InChI is InChI=1S/C10H17N.C9H13F3O4S2/c11-10-4-7-1-8(5-10)3-9(2-7)6-10;1-5(2-17)8(15)16-6(7(13)14)3-18-4-9(10,11)12/h7-9H,1-6,11H2;5-6,17H,2-4H2,1H3,(H,13,14)/t;5-,6?/m.0/s1. The molecule has 0 amide bonds. The van der Waals surface area contributed by atoms with Crippen molar-refractivity contribution in [2.75, 3.05) is 17.3 Å². The van der Waals surface area contributed by atoms with Crippen LogP contribution in [0.3, 0.4) is 0 Å². The van der Waals surface area contributed by atoms with E-state index >= 15 is 0 Å². The summed E-state index contributed by atoms with van der Waals surface area (Å²) in [7, 11) is 0. The maximum atomic E-state index is 11.9. The molecule has 0 spiro atoms. The zero-order chi connectivity index (χ0) is 21.8. The Hall–Kier alpha value is -0.610. The maximum Gasteiger partial charge on any atom is 0.397 e. The van der Waals surface area contributed by atoms with Crippen LogP contribution in [0.5, 0.6) is 0 Å². The molecule has 0 aliphatic heterocycles. The summed E-state index contributed by atoms with van der Waals surface area (Å²) in [5.74, 6) is -1.27. The third-order valence-corrected chi connectivity index (χ3v) is 7.45. The Morgan fingerprint density at radius 3 is 2.03 bits per heavy atom. The predicted octanol–water partition coefficient (Wildman–Crippen LogP) is 3.76. The van der Waals surface area contributed by atoms with Gasteiger partial charge in [0, 0.05) is 17.0 Å². The van der Waals surface area contributed by atoms with Gasteiger partial charge >= 0.3 is 18.1 Å². The third kappa shape index (κ3) is 7.86. The molecule has 4 fully saturated rings. The largest absolute Gasteiger partial charge is 0.478 e.